The van der Waals surface area contributed by atoms with Crippen LogP contribution in [0, 0.1) is 0 Å². The van der Waals surface area contributed by atoms with Gasteiger partial charge in [0.25, 0.3) is 0 Å². The van der Waals surface area contributed by atoms with Crippen LogP contribution in [-0.4, -0.2) is 6.17 Å². The molecule has 0 spiro atoms. The van der Waals surface area contributed by atoms with E-state index in [4.69, 9.17) is 0 Å². The molecule has 0 saturated heterocycles. The Morgan fingerprint density at radius 3 is 2.28 bits per heavy atom. The molecule has 0 bridgehead atoms. The molecule has 0 heterocycles. The molecule has 0 unspecified atom stereocenters. The maximum Gasteiger partial charge on any atom is 0.100 e. The van der Waals surface area contributed by atoms with Crippen LogP contribution in [0.25, 0.3) is 0 Å². The van der Waals surface area contributed by atoms with Crippen LogP contribution in [0.3, 0.4) is 0 Å². The molecule has 1 aromatic rings. The molecule has 1 fully saturated rings. The van der Waals surface area contributed by atoms with E-state index in [1.54, 1.807) is 0 Å². The summed E-state index contributed by atoms with van der Waals surface area (Å²) in [5.74, 6) is 0.599. The fourth-order valence-electron chi connectivity index (χ4n) is 2.92. The van der Waals surface area contributed by atoms with E-state index in [1.807, 2.05) is 0 Å². The Morgan fingerprint density at radius 1 is 1.00 bits per heavy atom. The molecule has 0 nitrogen and oxygen atoms in total. The first-order chi connectivity index (χ1) is 8.79. The Kier molecular flexibility index (Phi) is 5.22. The molecule has 1 aromatic carbocycles. The molecule has 1 saturated carbocycles. The molecular formula is C17H25F. The summed E-state index contributed by atoms with van der Waals surface area (Å²) in [6, 6.07) is 9.08. The zero-order chi connectivity index (χ0) is 12.8. The first-order valence-corrected chi connectivity index (χ1v) is 7.52. The van der Waals surface area contributed by atoms with Crippen molar-refractivity contribution >= 4 is 0 Å². The summed E-state index contributed by atoms with van der Waals surface area (Å²) in [6.45, 7) is 2.24. The van der Waals surface area contributed by atoms with Crippen molar-refractivity contribution in [3.8, 4) is 0 Å². The van der Waals surface area contributed by atoms with Crippen LogP contribution < -0.4 is 0 Å². The van der Waals surface area contributed by atoms with Gasteiger partial charge in [-0.05, 0) is 55.6 Å². The third-order valence-electron chi connectivity index (χ3n) is 4.18. The second-order valence-electron chi connectivity index (χ2n) is 5.65. The lowest BCUT2D eigenvalue weighted by Crippen LogP contribution is -2.13. The second kappa shape index (κ2) is 6.92. The van der Waals surface area contributed by atoms with Crippen molar-refractivity contribution < 1.29 is 4.39 Å². The van der Waals surface area contributed by atoms with Crippen molar-refractivity contribution in [2.24, 2.45) is 0 Å². The highest BCUT2D eigenvalue weighted by atomic mass is 19.1. The topological polar surface area (TPSA) is 0 Å². The zero-order valence-corrected chi connectivity index (χ0v) is 11.5. The maximum atomic E-state index is 13.1. The van der Waals surface area contributed by atoms with Crippen molar-refractivity contribution in [3.63, 3.8) is 0 Å². The van der Waals surface area contributed by atoms with Crippen LogP contribution in [0.1, 0.15) is 68.9 Å². The van der Waals surface area contributed by atoms with Gasteiger partial charge in [-0.1, -0.05) is 44.0 Å². The monoisotopic (exact) mass is 248 g/mol. The van der Waals surface area contributed by atoms with E-state index < -0.39 is 6.17 Å². The van der Waals surface area contributed by atoms with Crippen molar-refractivity contribution in [3.05, 3.63) is 35.4 Å². The Hall–Kier alpha value is -0.850. The van der Waals surface area contributed by atoms with E-state index in [2.05, 4.69) is 31.2 Å². The lowest BCUT2D eigenvalue weighted by atomic mass is 9.83. The fraction of sp³-hybridized carbons (Fsp3) is 0.647. The summed E-state index contributed by atoms with van der Waals surface area (Å²) in [6.07, 6.45) is 8.11. The summed E-state index contributed by atoms with van der Waals surface area (Å²) >= 11 is 0. The number of rotatable bonds is 5. The average molecular weight is 248 g/mol. The van der Waals surface area contributed by atoms with Gasteiger partial charge in [0.15, 0.2) is 0 Å². The quantitative estimate of drug-likeness (QED) is 0.611. The van der Waals surface area contributed by atoms with Gasteiger partial charge >= 0.3 is 0 Å². The lowest BCUT2D eigenvalue weighted by Gasteiger charge is -2.24. The normalized spacial score (nSPS) is 24.1. The molecule has 1 heteroatoms. The van der Waals surface area contributed by atoms with E-state index in [-0.39, 0.29) is 0 Å². The van der Waals surface area contributed by atoms with Crippen LogP contribution in [0.4, 0.5) is 4.39 Å². The average Bonchev–Trinajstić information content (AvgIpc) is 2.41. The number of hydrogen-bond acceptors (Lipinski definition) is 0. The number of halogens is 1. The molecule has 18 heavy (non-hydrogen) atoms. The molecule has 0 N–H and O–H groups in total. The molecule has 100 valence electrons. The van der Waals surface area contributed by atoms with Gasteiger partial charge in [-0.3, -0.25) is 0 Å². The number of unbranched alkanes of at least 4 members (excludes halogenated alkanes) is 2. The molecular weight excluding hydrogens is 223 g/mol. The van der Waals surface area contributed by atoms with E-state index in [1.165, 1.54) is 36.8 Å². The highest BCUT2D eigenvalue weighted by molar-refractivity contribution is 5.26. The van der Waals surface area contributed by atoms with E-state index in [0.717, 1.165) is 25.7 Å². The zero-order valence-electron chi connectivity index (χ0n) is 11.5. The molecule has 0 aliphatic heterocycles. The minimum absolute atomic E-state index is 0.547. The van der Waals surface area contributed by atoms with E-state index in [0.29, 0.717) is 5.92 Å². The second-order valence-corrected chi connectivity index (χ2v) is 5.65. The number of benzene rings is 1. The molecule has 1 aliphatic rings. The minimum atomic E-state index is -0.547. The number of aryl methyl sites for hydroxylation is 1. The van der Waals surface area contributed by atoms with Gasteiger partial charge in [-0.25, -0.2) is 4.39 Å². The smallest absolute Gasteiger partial charge is 0.100 e. The number of alkyl halides is 1. The summed E-state index contributed by atoms with van der Waals surface area (Å²) < 4.78 is 13.1. The highest BCUT2D eigenvalue weighted by Crippen LogP contribution is 2.34. The number of hydrogen-bond donors (Lipinski definition) is 0. The third kappa shape index (κ3) is 3.83. The predicted molar refractivity (Wildman–Crippen MR) is 75.8 cm³/mol. The van der Waals surface area contributed by atoms with Crippen molar-refractivity contribution in [1.82, 2.24) is 0 Å². The summed E-state index contributed by atoms with van der Waals surface area (Å²) in [4.78, 5) is 0. The van der Waals surface area contributed by atoms with Gasteiger partial charge in [-0.2, -0.15) is 0 Å². The maximum absolute atomic E-state index is 13.1. The van der Waals surface area contributed by atoms with E-state index >= 15 is 0 Å². The molecule has 0 radical (unpaired) electrons. The predicted octanol–water partition coefficient (Wildman–Crippen LogP) is 5.42. The van der Waals surface area contributed by atoms with E-state index in [9.17, 15) is 4.39 Å². The fourth-order valence-corrected chi connectivity index (χ4v) is 2.92. The largest absolute Gasteiger partial charge is 0.247 e. The van der Waals surface area contributed by atoms with Crippen LogP contribution in [0.2, 0.25) is 0 Å². The third-order valence-corrected chi connectivity index (χ3v) is 4.18. The summed E-state index contributed by atoms with van der Waals surface area (Å²) in [5.41, 5.74) is 2.87. The molecule has 1 aliphatic carbocycles. The Balaban J connectivity index is 1.87. The molecule has 0 aromatic heterocycles. The van der Waals surface area contributed by atoms with Gasteiger partial charge in [-0.15, -0.1) is 0 Å². The van der Waals surface area contributed by atoms with Crippen molar-refractivity contribution in [2.45, 2.75) is 70.4 Å². The van der Waals surface area contributed by atoms with Crippen molar-refractivity contribution in [1.29, 1.82) is 0 Å². The Labute approximate surface area is 111 Å². The first-order valence-electron chi connectivity index (χ1n) is 7.52. The first kappa shape index (κ1) is 13.6. The lowest BCUT2D eigenvalue weighted by molar-refractivity contribution is 0.235. The van der Waals surface area contributed by atoms with Crippen LogP contribution in [-0.2, 0) is 6.42 Å². The van der Waals surface area contributed by atoms with Crippen molar-refractivity contribution in [2.75, 3.05) is 0 Å². The molecule has 0 amide bonds. The Morgan fingerprint density at radius 2 is 1.67 bits per heavy atom. The summed E-state index contributed by atoms with van der Waals surface area (Å²) in [7, 11) is 0. The van der Waals surface area contributed by atoms with Gasteiger partial charge in [0.1, 0.15) is 6.17 Å². The summed E-state index contributed by atoms with van der Waals surface area (Å²) in [5, 5.41) is 0. The van der Waals surface area contributed by atoms with Crippen LogP contribution in [0.5, 0.6) is 0 Å². The molecule has 2 rings (SSSR count). The van der Waals surface area contributed by atoms with Gasteiger partial charge < -0.3 is 0 Å². The standard InChI is InChI=1S/C17H25F/c1-2-3-4-5-14-6-8-15(9-7-14)16-10-12-17(18)13-11-16/h6-9,16-17H,2-5,10-13H2,1H3. The van der Waals surface area contributed by atoms with Crippen LogP contribution >= 0.6 is 0 Å². The van der Waals surface area contributed by atoms with Gasteiger partial charge in [0, 0.05) is 0 Å². The van der Waals surface area contributed by atoms with Gasteiger partial charge in [0.2, 0.25) is 0 Å². The van der Waals surface area contributed by atoms with Crippen LogP contribution in [0.15, 0.2) is 24.3 Å². The Bertz CT molecular complexity index is 333. The van der Waals surface area contributed by atoms with Gasteiger partial charge in [0.05, 0.1) is 0 Å². The SMILES string of the molecule is CCCCCc1ccc(C2CCC(F)CC2)cc1. The molecule has 0 atom stereocenters. The minimum Gasteiger partial charge on any atom is -0.247 e. The highest BCUT2D eigenvalue weighted by Gasteiger charge is 2.21.